The van der Waals surface area contributed by atoms with Gasteiger partial charge in [0.25, 0.3) is 5.91 Å². The Bertz CT molecular complexity index is 1590. The predicted molar refractivity (Wildman–Crippen MR) is 154 cm³/mol. The molecule has 0 radical (unpaired) electrons. The Hall–Kier alpha value is -4.36. The monoisotopic (exact) mass is 618 g/mol. The molecule has 1 amide bonds. The van der Waals surface area contributed by atoms with E-state index in [1.165, 1.54) is 24.3 Å². The number of amides is 1. The third kappa shape index (κ3) is 6.49. The maximum absolute atomic E-state index is 12.7. The number of ether oxygens (including phenoxy) is 2. The molecule has 0 spiro atoms. The van der Waals surface area contributed by atoms with Crippen LogP contribution in [0.1, 0.15) is 28.4 Å². The van der Waals surface area contributed by atoms with Crippen molar-refractivity contribution in [3.8, 4) is 17.6 Å². The van der Waals surface area contributed by atoms with Crippen molar-refractivity contribution in [3.63, 3.8) is 0 Å². The lowest BCUT2D eigenvalue weighted by Crippen LogP contribution is -2.14. The van der Waals surface area contributed by atoms with Crippen molar-refractivity contribution in [2.24, 2.45) is 0 Å². The maximum Gasteiger partial charge on any atom is 0.335 e. The predicted octanol–water partition coefficient (Wildman–Crippen LogP) is 6.67. The number of carboxylic acid groups (broad SMARTS) is 1. The van der Waals surface area contributed by atoms with Crippen LogP contribution < -0.4 is 14.8 Å². The standard InChI is InChI=1S/C30H23IN2O5/c1-2-37-27-15-20(13-24(17-32)29(34)33-25-9-5-8-23(16-25)30(35)36)14-26(31)28(27)38-18-19-10-11-21-6-3-4-7-22(21)12-19/h3-16H,2,18H2,1H3,(H,33,34)(H,35,36)/b24-13-. The second-order valence-corrected chi connectivity index (χ2v) is 9.41. The number of carboxylic acids is 1. The topological polar surface area (TPSA) is 109 Å². The zero-order valence-corrected chi connectivity index (χ0v) is 22.6. The number of carbonyl (C=O) groups is 2. The summed E-state index contributed by atoms with van der Waals surface area (Å²) < 4.78 is 12.7. The molecule has 8 heteroatoms. The molecular weight excluding hydrogens is 595 g/mol. The normalized spacial score (nSPS) is 11.0. The Balaban J connectivity index is 1.56. The third-order valence-electron chi connectivity index (χ3n) is 5.57. The summed E-state index contributed by atoms with van der Waals surface area (Å²) in [7, 11) is 0. The van der Waals surface area contributed by atoms with Crippen molar-refractivity contribution in [1.82, 2.24) is 0 Å². The fourth-order valence-corrected chi connectivity index (χ4v) is 4.58. The highest BCUT2D eigenvalue weighted by atomic mass is 127. The molecule has 0 aromatic heterocycles. The highest BCUT2D eigenvalue weighted by molar-refractivity contribution is 14.1. The Kier molecular flexibility index (Phi) is 8.61. The smallest absolute Gasteiger partial charge is 0.335 e. The summed E-state index contributed by atoms with van der Waals surface area (Å²) in [5, 5.41) is 23.6. The molecule has 0 aliphatic heterocycles. The van der Waals surface area contributed by atoms with E-state index >= 15 is 0 Å². The van der Waals surface area contributed by atoms with Gasteiger partial charge in [-0.25, -0.2) is 4.79 Å². The summed E-state index contributed by atoms with van der Waals surface area (Å²) >= 11 is 2.14. The molecule has 0 aliphatic carbocycles. The quantitative estimate of drug-likeness (QED) is 0.123. The van der Waals surface area contributed by atoms with Gasteiger partial charge in [0, 0.05) is 5.69 Å². The first kappa shape index (κ1) is 26.7. The van der Waals surface area contributed by atoms with E-state index in [2.05, 4.69) is 52.2 Å². The molecule has 2 N–H and O–H groups in total. The molecule has 0 heterocycles. The lowest BCUT2D eigenvalue weighted by atomic mass is 10.1. The first-order chi connectivity index (χ1) is 18.4. The van der Waals surface area contributed by atoms with Crippen molar-refractivity contribution >= 4 is 57.0 Å². The van der Waals surface area contributed by atoms with Gasteiger partial charge >= 0.3 is 5.97 Å². The van der Waals surface area contributed by atoms with Gasteiger partial charge in [0.05, 0.1) is 15.7 Å². The Labute approximate surface area is 233 Å². The van der Waals surface area contributed by atoms with Gasteiger partial charge < -0.3 is 19.9 Å². The second kappa shape index (κ2) is 12.3. The number of aromatic carboxylic acids is 1. The molecule has 4 aromatic rings. The van der Waals surface area contributed by atoms with Gasteiger partial charge in [-0.2, -0.15) is 5.26 Å². The fourth-order valence-electron chi connectivity index (χ4n) is 3.80. The van der Waals surface area contributed by atoms with Gasteiger partial charge in [-0.3, -0.25) is 4.79 Å². The van der Waals surface area contributed by atoms with Crippen molar-refractivity contribution < 1.29 is 24.2 Å². The number of fused-ring (bicyclic) bond motifs is 1. The van der Waals surface area contributed by atoms with Gasteiger partial charge in [-0.15, -0.1) is 0 Å². The molecule has 0 saturated carbocycles. The van der Waals surface area contributed by atoms with Crippen LogP contribution in [0.25, 0.3) is 16.8 Å². The number of hydrogen-bond donors (Lipinski definition) is 2. The lowest BCUT2D eigenvalue weighted by molar-refractivity contribution is -0.112. The molecule has 0 fully saturated rings. The average molecular weight is 618 g/mol. The second-order valence-electron chi connectivity index (χ2n) is 8.24. The number of benzene rings is 4. The summed E-state index contributed by atoms with van der Waals surface area (Å²) in [5.74, 6) is -0.692. The van der Waals surface area contributed by atoms with E-state index in [0.717, 1.165) is 19.9 Å². The zero-order valence-electron chi connectivity index (χ0n) is 20.4. The van der Waals surface area contributed by atoms with Crippen LogP contribution in [-0.4, -0.2) is 23.6 Å². The number of nitriles is 1. The molecule has 4 rings (SSSR count). The number of carbonyl (C=O) groups excluding carboxylic acids is 1. The molecule has 0 atom stereocenters. The summed E-state index contributed by atoms with van der Waals surface area (Å²) in [4.78, 5) is 23.9. The summed E-state index contributed by atoms with van der Waals surface area (Å²) in [6.45, 7) is 2.61. The maximum atomic E-state index is 12.7. The van der Waals surface area contributed by atoms with Crippen molar-refractivity contribution in [3.05, 3.63) is 105 Å². The number of hydrogen-bond acceptors (Lipinski definition) is 5. The Morgan fingerprint density at radius 1 is 1.00 bits per heavy atom. The fraction of sp³-hybridized carbons (Fsp3) is 0.100. The van der Waals surface area contributed by atoms with Gasteiger partial charge in [-0.05, 0) is 93.9 Å². The van der Waals surface area contributed by atoms with Crippen LogP contribution in [0, 0.1) is 14.9 Å². The number of anilines is 1. The molecule has 0 bridgehead atoms. The van der Waals surface area contributed by atoms with E-state index in [1.54, 1.807) is 18.2 Å². The van der Waals surface area contributed by atoms with Crippen molar-refractivity contribution in [1.29, 1.82) is 5.26 Å². The van der Waals surface area contributed by atoms with Crippen LogP contribution in [0.5, 0.6) is 11.5 Å². The van der Waals surface area contributed by atoms with Crippen LogP contribution in [0.3, 0.4) is 0 Å². The van der Waals surface area contributed by atoms with Crippen LogP contribution in [0.4, 0.5) is 5.69 Å². The van der Waals surface area contributed by atoms with Gasteiger partial charge in [-0.1, -0.05) is 42.5 Å². The van der Waals surface area contributed by atoms with E-state index in [1.807, 2.05) is 31.2 Å². The summed E-state index contributed by atoms with van der Waals surface area (Å²) in [6.07, 6.45) is 1.45. The first-order valence-corrected chi connectivity index (χ1v) is 12.8. The molecule has 7 nitrogen and oxygen atoms in total. The molecule has 190 valence electrons. The third-order valence-corrected chi connectivity index (χ3v) is 6.37. The molecule has 4 aromatic carbocycles. The molecule has 0 saturated heterocycles. The zero-order chi connectivity index (χ0) is 27.1. The summed E-state index contributed by atoms with van der Waals surface area (Å²) in [6, 6.07) is 25.5. The first-order valence-electron chi connectivity index (χ1n) is 11.7. The minimum Gasteiger partial charge on any atom is -0.490 e. The van der Waals surface area contributed by atoms with Crippen molar-refractivity contribution in [2.45, 2.75) is 13.5 Å². The largest absolute Gasteiger partial charge is 0.490 e. The van der Waals surface area contributed by atoms with E-state index in [4.69, 9.17) is 14.6 Å². The lowest BCUT2D eigenvalue weighted by Gasteiger charge is -2.15. The minimum absolute atomic E-state index is 0.0282. The molecular formula is C30H23IN2O5. The van der Waals surface area contributed by atoms with Crippen LogP contribution in [0.2, 0.25) is 0 Å². The highest BCUT2D eigenvalue weighted by Gasteiger charge is 2.15. The van der Waals surface area contributed by atoms with Crippen LogP contribution >= 0.6 is 22.6 Å². The van der Waals surface area contributed by atoms with E-state index in [0.29, 0.717) is 30.3 Å². The minimum atomic E-state index is -1.11. The molecule has 38 heavy (non-hydrogen) atoms. The van der Waals surface area contributed by atoms with Crippen molar-refractivity contribution in [2.75, 3.05) is 11.9 Å². The number of nitrogens with one attached hydrogen (secondary N) is 1. The number of nitrogens with zero attached hydrogens (tertiary/aromatic N) is 1. The molecule has 0 aliphatic rings. The molecule has 0 unspecified atom stereocenters. The highest BCUT2D eigenvalue weighted by Crippen LogP contribution is 2.36. The Morgan fingerprint density at radius 3 is 2.53 bits per heavy atom. The van der Waals surface area contributed by atoms with E-state index < -0.39 is 11.9 Å². The van der Waals surface area contributed by atoms with Gasteiger partial charge in [0.15, 0.2) is 11.5 Å². The van der Waals surface area contributed by atoms with Gasteiger partial charge in [0.1, 0.15) is 18.2 Å². The van der Waals surface area contributed by atoms with Gasteiger partial charge in [0.2, 0.25) is 0 Å². The van der Waals surface area contributed by atoms with E-state index in [9.17, 15) is 14.9 Å². The number of halogens is 1. The van der Waals surface area contributed by atoms with E-state index in [-0.39, 0.29) is 16.8 Å². The van der Waals surface area contributed by atoms with Crippen LogP contribution in [-0.2, 0) is 11.4 Å². The van der Waals surface area contributed by atoms with Crippen LogP contribution in [0.15, 0.2) is 84.4 Å². The Morgan fingerprint density at radius 2 is 1.79 bits per heavy atom. The SMILES string of the molecule is CCOc1cc(/C=C(/C#N)C(=O)Nc2cccc(C(=O)O)c2)cc(I)c1OCc1ccc2ccccc2c1. The summed E-state index contributed by atoms with van der Waals surface area (Å²) in [5.41, 5.74) is 1.76. The average Bonchev–Trinajstić information content (AvgIpc) is 2.91. The number of rotatable bonds is 9.